The van der Waals surface area contributed by atoms with Gasteiger partial charge in [-0.05, 0) is 175 Å². The van der Waals surface area contributed by atoms with Gasteiger partial charge in [0.05, 0.1) is 31.2 Å². The maximum Gasteiger partial charge on any atom is 0.160 e. The van der Waals surface area contributed by atoms with E-state index in [0.717, 1.165) is 59.7 Å². The van der Waals surface area contributed by atoms with Crippen molar-refractivity contribution in [3.8, 4) is 23.3 Å². The first kappa shape index (κ1) is 47.0. The normalized spacial score (nSPS) is 32.6. The Kier molecular flexibility index (Phi) is 13.3. The molecule has 10 rings (SSSR count). The van der Waals surface area contributed by atoms with Crippen molar-refractivity contribution in [2.45, 2.75) is 152 Å². The Morgan fingerprint density at radius 2 is 1.72 bits per heavy atom. The highest BCUT2D eigenvalue weighted by Crippen LogP contribution is 2.64. The standard InChI is InChI=1S/C58H73N3O7/c1-3-34-32-61-56(59)31-46(34)45(37-11-10-35-8-4-5-9-36(35)24-37)30-51(64)50(63)25-39-18-22-58(54(66)17-12-38-26-53(68-2)52(65)29-44(38)39)23-19-40(27-55(58)67)47-16-15-42-43-14-13-41(62)28-49(43)60-33-48(42)57(47)20-6-7-21-57/h4-5,8-11,24,26,29,31,39-40,42-43,45,47-51,55,60-61,63-65,67H,3,6-7,12-17,19-21,23,25,27-28,30,32-33,59H2,1-2H3. The van der Waals surface area contributed by atoms with Crippen LogP contribution in [0.3, 0.4) is 0 Å². The van der Waals surface area contributed by atoms with Gasteiger partial charge in [-0.25, -0.2) is 0 Å². The third kappa shape index (κ3) is 8.58. The molecule has 0 bridgehead atoms. The average Bonchev–Trinajstić information content (AvgIpc) is 3.84. The molecule has 68 heavy (non-hydrogen) atoms. The smallest absolute Gasteiger partial charge is 0.160 e. The molecule has 12 atom stereocenters. The number of hydrogen-bond donors (Lipinski definition) is 7. The second kappa shape index (κ2) is 19.3. The van der Waals surface area contributed by atoms with Crippen LogP contribution in [-0.2, 0) is 16.0 Å². The van der Waals surface area contributed by atoms with Crippen molar-refractivity contribution in [3.05, 3.63) is 94.3 Å². The summed E-state index contributed by atoms with van der Waals surface area (Å²) in [6, 6.07) is 18.3. The quantitative estimate of drug-likeness (QED) is 0.0982. The van der Waals surface area contributed by atoms with Crippen LogP contribution in [0.1, 0.15) is 138 Å². The maximum atomic E-state index is 14.7. The van der Waals surface area contributed by atoms with E-state index in [9.17, 15) is 30.0 Å². The number of hydrogen-bond acceptors (Lipinski definition) is 10. The summed E-state index contributed by atoms with van der Waals surface area (Å²) in [5.74, 6) is 9.68. The Balaban J connectivity index is 0.932. The molecule has 10 nitrogen and oxygen atoms in total. The third-order valence-corrected chi connectivity index (χ3v) is 18.8. The molecule has 2 aliphatic heterocycles. The number of fused-ring (bicyclic) bond motifs is 6. The van der Waals surface area contributed by atoms with Crippen molar-refractivity contribution in [1.82, 2.24) is 10.6 Å². The lowest BCUT2D eigenvalue weighted by molar-refractivity contribution is -0.140. The van der Waals surface area contributed by atoms with Crippen molar-refractivity contribution in [3.63, 3.8) is 0 Å². The van der Waals surface area contributed by atoms with Gasteiger partial charge in [0, 0.05) is 43.7 Å². The lowest BCUT2D eigenvalue weighted by Crippen LogP contribution is -2.61. The van der Waals surface area contributed by atoms with E-state index in [1.807, 2.05) is 18.2 Å². The van der Waals surface area contributed by atoms with Crippen molar-refractivity contribution in [2.24, 2.45) is 46.2 Å². The summed E-state index contributed by atoms with van der Waals surface area (Å²) < 4.78 is 5.55. The first-order valence-electron chi connectivity index (χ1n) is 26.1. The molecule has 7 aliphatic rings. The summed E-state index contributed by atoms with van der Waals surface area (Å²) in [4.78, 5) is 27.2. The van der Waals surface area contributed by atoms with Crippen LogP contribution in [0.25, 0.3) is 10.8 Å². The molecule has 362 valence electrons. The fourth-order valence-corrected chi connectivity index (χ4v) is 15.3. The van der Waals surface area contributed by atoms with Crippen LogP contribution in [0.2, 0.25) is 0 Å². The second-order valence-corrected chi connectivity index (χ2v) is 22.0. The molecular formula is C58H73N3O7. The van der Waals surface area contributed by atoms with Gasteiger partial charge in [-0.1, -0.05) is 74.1 Å². The second-order valence-electron chi connectivity index (χ2n) is 22.0. The van der Waals surface area contributed by atoms with Gasteiger partial charge in [0.1, 0.15) is 11.2 Å². The number of Topliss-reactive ketones (excluding diaryl/α,β-unsaturated/α-hetero) is 2. The van der Waals surface area contributed by atoms with Gasteiger partial charge < -0.3 is 41.5 Å². The number of piperidine rings is 1. The summed E-state index contributed by atoms with van der Waals surface area (Å²) in [5, 5.41) is 57.4. The SMILES string of the molecule is CCC1=C(C(CC(O)C(O)CC2C#CC3(CCC(C4CCC5C6CCC(=O)CC6NCC5C45CCCC5)CC3O)C(=O)CCc3cc(OC)c(O)cc32)c2ccc3ccccc3c2)C=C(N)NC1. The number of methoxy groups -OCH3 is 1. The number of phenols is 1. The number of dihydropyridines is 1. The Hall–Kier alpha value is -4.66. The van der Waals surface area contributed by atoms with Crippen molar-refractivity contribution in [1.29, 1.82) is 0 Å². The number of aryl methyl sites for hydroxylation is 1. The zero-order chi connectivity index (χ0) is 47.3. The molecule has 0 aromatic heterocycles. The summed E-state index contributed by atoms with van der Waals surface area (Å²) in [6.07, 6.45) is 11.7. The monoisotopic (exact) mass is 924 g/mol. The van der Waals surface area contributed by atoms with Crippen molar-refractivity contribution in [2.75, 3.05) is 20.2 Å². The van der Waals surface area contributed by atoms with Gasteiger partial charge >= 0.3 is 0 Å². The number of nitrogens with one attached hydrogen (secondary N) is 2. The van der Waals surface area contributed by atoms with Gasteiger partial charge in [-0.2, -0.15) is 0 Å². The Morgan fingerprint density at radius 1 is 0.912 bits per heavy atom. The minimum absolute atomic E-state index is 0.0524. The summed E-state index contributed by atoms with van der Waals surface area (Å²) >= 11 is 0. The van der Waals surface area contributed by atoms with E-state index in [4.69, 9.17) is 10.5 Å². The van der Waals surface area contributed by atoms with Gasteiger partial charge in [0.25, 0.3) is 0 Å². The third-order valence-electron chi connectivity index (χ3n) is 18.8. The number of rotatable bonds is 10. The Labute approximate surface area is 402 Å². The summed E-state index contributed by atoms with van der Waals surface area (Å²) in [5.41, 5.74) is 10.1. The van der Waals surface area contributed by atoms with Crippen molar-refractivity contribution < 1.29 is 34.8 Å². The Morgan fingerprint density at radius 3 is 2.50 bits per heavy atom. The lowest BCUT2D eigenvalue weighted by Gasteiger charge is -2.60. The lowest BCUT2D eigenvalue weighted by atomic mass is 9.47. The number of nitrogens with two attached hydrogens (primary N) is 1. The van der Waals surface area contributed by atoms with E-state index in [-0.39, 0.29) is 48.0 Å². The zero-order valence-electron chi connectivity index (χ0n) is 40.2. The molecule has 3 aromatic rings. The van der Waals surface area contributed by atoms with Gasteiger partial charge in [0.2, 0.25) is 0 Å². The fraction of sp³-hybridized carbons (Fsp3) is 0.586. The Bertz CT molecular complexity index is 2530. The van der Waals surface area contributed by atoms with E-state index in [2.05, 4.69) is 59.7 Å². The molecular weight excluding hydrogens is 851 g/mol. The molecule has 0 radical (unpaired) electrons. The van der Waals surface area contributed by atoms with Crippen LogP contribution in [0.5, 0.6) is 11.5 Å². The van der Waals surface area contributed by atoms with Gasteiger partial charge in [-0.15, -0.1) is 0 Å². The van der Waals surface area contributed by atoms with E-state index in [1.54, 1.807) is 12.1 Å². The molecule has 5 fully saturated rings. The molecule has 8 N–H and O–H groups in total. The van der Waals surface area contributed by atoms with Gasteiger partial charge in [-0.3, -0.25) is 9.59 Å². The zero-order valence-corrected chi connectivity index (χ0v) is 40.2. The number of phenolic OH excluding ortho intramolecular Hbond substituents is 1. The molecule has 3 aromatic carbocycles. The largest absolute Gasteiger partial charge is 0.504 e. The minimum Gasteiger partial charge on any atom is -0.504 e. The van der Waals surface area contributed by atoms with Crippen LogP contribution < -0.4 is 21.1 Å². The number of carbonyl (C=O) groups excluding carboxylic acids is 2. The van der Waals surface area contributed by atoms with E-state index < -0.39 is 29.6 Å². The molecule has 4 saturated carbocycles. The predicted octanol–water partition coefficient (Wildman–Crippen LogP) is 8.24. The molecule has 2 heterocycles. The number of aromatic hydroxyl groups is 1. The number of aliphatic hydroxyl groups is 3. The van der Waals surface area contributed by atoms with Crippen LogP contribution in [0, 0.1) is 52.3 Å². The highest BCUT2D eigenvalue weighted by atomic mass is 16.5. The average molecular weight is 924 g/mol. The van der Waals surface area contributed by atoms with Crippen LogP contribution in [-0.4, -0.2) is 76.5 Å². The van der Waals surface area contributed by atoms with E-state index >= 15 is 0 Å². The maximum absolute atomic E-state index is 14.7. The first-order valence-corrected chi connectivity index (χ1v) is 26.1. The van der Waals surface area contributed by atoms with Crippen LogP contribution in [0.15, 0.2) is 77.6 Å². The number of carbonyl (C=O) groups is 2. The first-order chi connectivity index (χ1) is 32.9. The topological polar surface area (TPSA) is 174 Å². The highest BCUT2D eigenvalue weighted by molar-refractivity contribution is 5.89. The minimum atomic E-state index is -1.26. The van der Waals surface area contributed by atoms with Crippen LogP contribution >= 0.6 is 0 Å². The van der Waals surface area contributed by atoms with E-state index in [0.29, 0.717) is 91.3 Å². The predicted molar refractivity (Wildman–Crippen MR) is 265 cm³/mol. The molecule has 1 saturated heterocycles. The summed E-state index contributed by atoms with van der Waals surface area (Å²) in [7, 11) is 1.50. The summed E-state index contributed by atoms with van der Waals surface area (Å²) in [6.45, 7) is 3.71. The number of ketones is 2. The molecule has 0 amide bonds. The van der Waals surface area contributed by atoms with E-state index in [1.165, 1.54) is 44.8 Å². The number of aliphatic hydroxyl groups excluding tert-OH is 3. The molecule has 12 unspecified atom stereocenters. The van der Waals surface area contributed by atoms with Gasteiger partial charge in [0.15, 0.2) is 17.3 Å². The highest BCUT2D eigenvalue weighted by Gasteiger charge is 2.60. The van der Waals surface area contributed by atoms with Crippen LogP contribution in [0.4, 0.5) is 0 Å². The number of allylic oxidation sites excluding steroid dienone is 2. The van der Waals surface area contributed by atoms with Crippen molar-refractivity contribution >= 4 is 22.3 Å². The molecule has 5 aliphatic carbocycles. The molecule has 10 heteroatoms. The molecule has 2 spiro atoms. The number of ether oxygens (including phenoxy) is 1. The fourth-order valence-electron chi connectivity index (χ4n) is 15.3. The number of benzene rings is 3.